The van der Waals surface area contributed by atoms with Gasteiger partial charge in [0.15, 0.2) is 5.43 Å². The normalized spacial score (nSPS) is 10.9. The molecule has 3 aromatic carbocycles. The molecule has 0 aliphatic carbocycles. The Bertz CT molecular complexity index is 1430. The van der Waals surface area contributed by atoms with Crippen molar-refractivity contribution in [3.05, 3.63) is 117 Å². The molecule has 0 saturated heterocycles. The van der Waals surface area contributed by atoms with Gasteiger partial charge in [0.05, 0.1) is 5.69 Å². The lowest BCUT2D eigenvalue weighted by molar-refractivity contribution is 0.102. The van der Waals surface area contributed by atoms with Gasteiger partial charge < -0.3 is 9.88 Å². The van der Waals surface area contributed by atoms with E-state index in [4.69, 9.17) is 0 Å². The molecule has 172 valence electrons. The first-order valence-electron chi connectivity index (χ1n) is 11.6. The van der Waals surface area contributed by atoms with E-state index >= 15 is 0 Å². The second-order valence-corrected chi connectivity index (χ2v) is 8.78. The Hall–Kier alpha value is -3.92. The lowest BCUT2D eigenvalue weighted by atomic mass is 9.98. The Kier molecular flexibility index (Phi) is 6.51. The maximum absolute atomic E-state index is 13.8. The Morgan fingerprint density at radius 1 is 0.853 bits per heavy atom. The standard InChI is InChI=1S/C30H30N2O2/c1-6-23-12-9-11-21(4)28(23)31-30(34)27-26(33)18-22(5)32(24-16-14-19(2)15-17-24)29(27)25-13-8-7-10-20(25)3/h7-18H,6H2,1-5H3,(H,31,34). The summed E-state index contributed by atoms with van der Waals surface area (Å²) in [6.45, 7) is 9.97. The van der Waals surface area contributed by atoms with Gasteiger partial charge >= 0.3 is 0 Å². The van der Waals surface area contributed by atoms with Crippen molar-refractivity contribution in [2.75, 3.05) is 5.32 Å². The maximum atomic E-state index is 13.8. The third-order valence-corrected chi connectivity index (χ3v) is 6.30. The van der Waals surface area contributed by atoms with Crippen molar-refractivity contribution >= 4 is 11.6 Å². The number of rotatable bonds is 5. The van der Waals surface area contributed by atoms with Crippen molar-refractivity contribution in [1.82, 2.24) is 4.57 Å². The van der Waals surface area contributed by atoms with Crippen LogP contribution in [-0.2, 0) is 6.42 Å². The molecule has 0 bridgehead atoms. The van der Waals surface area contributed by atoms with Crippen molar-refractivity contribution in [2.24, 2.45) is 0 Å². The summed E-state index contributed by atoms with van der Waals surface area (Å²) in [6.07, 6.45) is 0.781. The SMILES string of the molecule is CCc1cccc(C)c1NC(=O)c1c(-c2ccccc2C)n(-c2ccc(C)cc2)c(C)cc1=O. The number of amides is 1. The highest BCUT2D eigenvalue weighted by atomic mass is 16.2. The van der Waals surface area contributed by atoms with Gasteiger partial charge in [0, 0.05) is 28.7 Å². The van der Waals surface area contributed by atoms with Gasteiger partial charge in [0.25, 0.3) is 5.91 Å². The van der Waals surface area contributed by atoms with Crippen LogP contribution in [0.2, 0.25) is 0 Å². The molecule has 1 aromatic heterocycles. The first kappa shape index (κ1) is 23.2. The zero-order chi connectivity index (χ0) is 24.4. The number of nitrogens with zero attached hydrogens (tertiary/aromatic N) is 1. The van der Waals surface area contributed by atoms with E-state index in [9.17, 15) is 9.59 Å². The number of aryl methyl sites for hydroxylation is 5. The van der Waals surface area contributed by atoms with Crippen LogP contribution in [0.25, 0.3) is 16.9 Å². The summed E-state index contributed by atoms with van der Waals surface area (Å²) in [4.78, 5) is 27.2. The minimum Gasteiger partial charge on any atom is -0.321 e. The van der Waals surface area contributed by atoms with Crippen LogP contribution in [0, 0.1) is 27.7 Å². The fourth-order valence-electron chi connectivity index (χ4n) is 4.45. The van der Waals surface area contributed by atoms with E-state index in [-0.39, 0.29) is 11.0 Å². The van der Waals surface area contributed by atoms with Gasteiger partial charge in [-0.2, -0.15) is 0 Å². The van der Waals surface area contributed by atoms with E-state index in [2.05, 4.69) is 12.2 Å². The van der Waals surface area contributed by atoms with Crippen molar-refractivity contribution in [3.8, 4) is 16.9 Å². The van der Waals surface area contributed by atoms with Gasteiger partial charge in [-0.3, -0.25) is 9.59 Å². The van der Waals surface area contributed by atoms with Crippen molar-refractivity contribution in [3.63, 3.8) is 0 Å². The highest BCUT2D eigenvalue weighted by molar-refractivity contribution is 6.09. The number of nitrogens with one attached hydrogen (secondary N) is 1. The molecule has 0 atom stereocenters. The molecule has 34 heavy (non-hydrogen) atoms. The molecule has 0 aliphatic rings. The number of para-hydroxylation sites is 1. The van der Waals surface area contributed by atoms with Crippen LogP contribution in [0.4, 0.5) is 5.69 Å². The van der Waals surface area contributed by atoms with E-state index in [1.54, 1.807) is 6.07 Å². The fourth-order valence-corrected chi connectivity index (χ4v) is 4.45. The van der Waals surface area contributed by atoms with Crippen LogP contribution in [0.3, 0.4) is 0 Å². The first-order chi connectivity index (χ1) is 16.3. The quantitative estimate of drug-likeness (QED) is 0.375. The molecule has 0 fully saturated rings. The summed E-state index contributed by atoms with van der Waals surface area (Å²) in [6, 6.07) is 23.5. The lowest BCUT2D eigenvalue weighted by Crippen LogP contribution is -2.27. The van der Waals surface area contributed by atoms with E-state index in [1.807, 2.05) is 99.0 Å². The molecule has 0 spiro atoms. The summed E-state index contributed by atoms with van der Waals surface area (Å²) < 4.78 is 2.01. The van der Waals surface area contributed by atoms with Gasteiger partial charge in [-0.25, -0.2) is 0 Å². The van der Waals surface area contributed by atoms with Crippen molar-refractivity contribution < 1.29 is 4.79 Å². The molecule has 1 N–H and O–H groups in total. The first-order valence-corrected chi connectivity index (χ1v) is 11.6. The molecular weight excluding hydrogens is 420 g/mol. The molecule has 0 aliphatic heterocycles. The fraction of sp³-hybridized carbons (Fsp3) is 0.200. The summed E-state index contributed by atoms with van der Waals surface area (Å²) in [5.41, 5.74) is 7.91. The number of hydrogen-bond acceptors (Lipinski definition) is 2. The predicted molar refractivity (Wildman–Crippen MR) is 140 cm³/mol. The van der Waals surface area contributed by atoms with Crippen LogP contribution in [0.15, 0.2) is 77.6 Å². The van der Waals surface area contributed by atoms with Crippen molar-refractivity contribution in [2.45, 2.75) is 41.0 Å². The van der Waals surface area contributed by atoms with Crippen LogP contribution in [-0.4, -0.2) is 10.5 Å². The molecule has 4 nitrogen and oxygen atoms in total. The number of anilines is 1. The van der Waals surface area contributed by atoms with Crippen LogP contribution in [0.1, 0.15) is 45.2 Å². The van der Waals surface area contributed by atoms with E-state index in [0.717, 1.165) is 51.3 Å². The minimum atomic E-state index is -0.395. The molecule has 0 saturated carbocycles. The Morgan fingerprint density at radius 2 is 1.53 bits per heavy atom. The van der Waals surface area contributed by atoms with E-state index in [1.165, 1.54) is 0 Å². The second kappa shape index (κ2) is 9.52. The number of hydrogen-bond donors (Lipinski definition) is 1. The van der Waals surface area contributed by atoms with E-state index in [0.29, 0.717) is 5.69 Å². The topological polar surface area (TPSA) is 51.1 Å². The summed E-state index contributed by atoms with van der Waals surface area (Å²) in [5, 5.41) is 3.07. The zero-order valence-corrected chi connectivity index (χ0v) is 20.4. The van der Waals surface area contributed by atoms with Gasteiger partial charge in [-0.1, -0.05) is 67.1 Å². The number of pyridine rings is 1. The highest BCUT2D eigenvalue weighted by Gasteiger charge is 2.24. The second-order valence-electron chi connectivity index (χ2n) is 8.78. The van der Waals surface area contributed by atoms with Gasteiger partial charge in [0.1, 0.15) is 5.56 Å². The van der Waals surface area contributed by atoms with E-state index < -0.39 is 5.91 Å². The molecule has 4 heteroatoms. The summed E-state index contributed by atoms with van der Waals surface area (Å²) in [5.74, 6) is -0.395. The van der Waals surface area contributed by atoms with Crippen molar-refractivity contribution in [1.29, 1.82) is 0 Å². The Balaban J connectivity index is 2.01. The predicted octanol–water partition coefficient (Wildman–Crippen LogP) is 6.55. The smallest absolute Gasteiger partial charge is 0.261 e. The van der Waals surface area contributed by atoms with Crippen LogP contribution in [0.5, 0.6) is 0 Å². The average molecular weight is 451 g/mol. The maximum Gasteiger partial charge on any atom is 0.261 e. The number of carbonyl (C=O) groups is 1. The highest BCUT2D eigenvalue weighted by Crippen LogP contribution is 2.31. The van der Waals surface area contributed by atoms with Gasteiger partial charge in [-0.05, 0) is 62.9 Å². The molecule has 1 amide bonds. The molecule has 0 radical (unpaired) electrons. The lowest BCUT2D eigenvalue weighted by Gasteiger charge is -2.22. The summed E-state index contributed by atoms with van der Waals surface area (Å²) in [7, 11) is 0. The molecular formula is C30H30N2O2. The van der Waals surface area contributed by atoms with Crippen LogP contribution >= 0.6 is 0 Å². The Labute approximate surface area is 200 Å². The largest absolute Gasteiger partial charge is 0.321 e. The molecule has 1 heterocycles. The summed E-state index contributed by atoms with van der Waals surface area (Å²) >= 11 is 0. The zero-order valence-electron chi connectivity index (χ0n) is 20.4. The monoisotopic (exact) mass is 450 g/mol. The molecule has 0 unspecified atom stereocenters. The minimum absolute atomic E-state index is 0.144. The molecule has 4 rings (SSSR count). The number of benzene rings is 3. The third-order valence-electron chi connectivity index (χ3n) is 6.30. The number of aromatic nitrogens is 1. The number of carbonyl (C=O) groups excluding carboxylic acids is 1. The third kappa shape index (κ3) is 4.32. The molecule has 4 aromatic rings. The van der Waals surface area contributed by atoms with Crippen LogP contribution < -0.4 is 10.7 Å². The van der Waals surface area contributed by atoms with Gasteiger partial charge in [-0.15, -0.1) is 0 Å². The average Bonchev–Trinajstić information content (AvgIpc) is 2.81. The van der Waals surface area contributed by atoms with Gasteiger partial charge in [0.2, 0.25) is 0 Å². The Morgan fingerprint density at radius 3 is 2.21 bits per heavy atom.